The summed E-state index contributed by atoms with van der Waals surface area (Å²) in [6.07, 6.45) is -9.39. The Kier molecular flexibility index (Phi) is 22.5. The molecule has 0 radical (unpaired) electrons. The highest BCUT2D eigenvalue weighted by Gasteiger charge is 2.44. The van der Waals surface area contributed by atoms with E-state index in [1.54, 1.807) is 106 Å². The molecule has 4 amide bonds. The van der Waals surface area contributed by atoms with E-state index in [0.29, 0.717) is 23.9 Å². The van der Waals surface area contributed by atoms with Crippen molar-refractivity contribution in [2.24, 2.45) is 0 Å². The van der Waals surface area contributed by atoms with E-state index < -0.39 is 81.9 Å². The molecule has 28 nitrogen and oxygen atoms in total. The van der Waals surface area contributed by atoms with Crippen molar-refractivity contribution in [3.63, 3.8) is 0 Å². The van der Waals surface area contributed by atoms with Crippen LogP contribution in [0, 0.1) is 0 Å². The minimum atomic E-state index is -4.74. The summed E-state index contributed by atoms with van der Waals surface area (Å²) in [4.78, 5) is 112. The third kappa shape index (κ3) is 18.5. The first kappa shape index (κ1) is 75.3. The first-order valence-electron chi connectivity index (χ1n) is 32.2. The van der Waals surface area contributed by atoms with Crippen molar-refractivity contribution in [1.82, 2.24) is 49.7 Å². The van der Waals surface area contributed by atoms with Gasteiger partial charge >= 0.3 is 24.5 Å². The molecule has 6 atom stereocenters. The normalized spacial score (nSPS) is 16.9. The van der Waals surface area contributed by atoms with Crippen LogP contribution in [0.5, 0.6) is 23.3 Å². The third-order valence-electron chi connectivity index (χ3n) is 15.8. The van der Waals surface area contributed by atoms with Gasteiger partial charge in [0.2, 0.25) is 35.5 Å². The molecule has 2 aliphatic rings. The maximum absolute atomic E-state index is 14.0. The van der Waals surface area contributed by atoms with Gasteiger partial charge in [0, 0.05) is 61.6 Å². The van der Waals surface area contributed by atoms with Gasteiger partial charge in [0.05, 0.1) is 58.1 Å². The number of H-pyrrole nitrogens is 2. The Morgan fingerprint density at radius 2 is 0.922 bits per heavy atom. The van der Waals surface area contributed by atoms with Crippen LogP contribution in [0.2, 0.25) is 0 Å². The van der Waals surface area contributed by atoms with Crippen LogP contribution in [-0.4, -0.2) is 149 Å². The minimum absolute atomic E-state index is 0.0334. The van der Waals surface area contributed by atoms with Crippen molar-refractivity contribution >= 4 is 81.0 Å². The molecule has 2 aliphatic heterocycles. The first-order chi connectivity index (χ1) is 47.9. The van der Waals surface area contributed by atoms with Crippen LogP contribution >= 0.6 is 0 Å². The highest BCUT2D eigenvalue weighted by molar-refractivity contribution is 6.01. The monoisotopic (exact) mass is 1420 g/mol. The summed E-state index contributed by atoms with van der Waals surface area (Å²) in [6, 6.07) is 14.7. The number of ether oxygens (including phenoxy) is 6. The van der Waals surface area contributed by atoms with Crippen molar-refractivity contribution in [1.29, 1.82) is 0 Å². The van der Waals surface area contributed by atoms with Gasteiger partial charge in [0.1, 0.15) is 34.3 Å². The largest absolute Gasteiger partial charge is 0.444 e. The smallest absolute Gasteiger partial charge is 0.416 e. The number of methoxy groups -OCH3 is 2. The summed E-state index contributed by atoms with van der Waals surface area (Å²) < 4.78 is 118. The highest BCUT2D eigenvalue weighted by atomic mass is 19.4. The molecule has 0 bridgehead atoms. The van der Waals surface area contributed by atoms with Crippen LogP contribution < -0.4 is 53.3 Å². The number of anilines is 6. The lowest BCUT2D eigenvalue weighted by Crippen LogP contribution is -2.48. The molecule has 2 fully saturated rings. The molecule has 0 unspecified atom stereocenters. The maximum Gasteiger partial charge on any atom is 0.416 e. The number of nitrogens with zero attached hydrogens (tertiary/aromatic N) is 8. The predicted molar refractivity (Wildman–Crippen MR) is 367 cm³/mol. The SMILES string of the molecule is COC[C@H](C)Nc1nc(Oc2cccc3[nH]c(=O)c(N)nc23)cc(-c2ccc(C(F)(F)F)cc2NC(=O)[C@@H]2CC[C@@H](C)N2C(=O)OC(C)(C)C)n1.COC[C@H](C)Nc1nc(Oc2cccc3[nH]c(=O)c(N)nc23)cc(-c2ccc(C(F)(F)F)cc2NC(=O)[C@@H]2CC[C@H](C)N2C(=O)OC(C)(C)C)n1. The number of para-hydroxylation sites is 2. The Hall–Kier alpha value is -10.9. The second kappa shape index (κ2) is 30.5. The van der Waals surface area contributed by atoms with E-state index in [0.717, 1.165) is 24.3 Å². The van der Waals surface area contributed by atoms with E-state index in [-0.39, 0.29) is 142 Å². The first-order valence-corrected chi connectivity index (χ1v) is 32.2. The number of amides is 4. The van der Waals surface area contributed by atoms with Crippen molar-refractivity contribution in [2.75, 3.05) is 60.2 Å². The highest BCUT2D eigenvalue weighted by Crippen LogP contribution is 2.41. The number of rotatable bonds is 18. The standard InChI is InChI=1S/2C34H39F3N8O6/c2*1-17(16-49-6)39-31-42-23(15-26(43-31)50-25-9-7-8-21-27(25)44-28(38)30(47)40-21)20-12-11-19(34(35,36)37)14-22(20)41-29(46)24-13-10-18(2)45(24)32(48)51-33(3,4)5/h2*7-9,11-12,14-15,17-18,24H,10,13,16H2,1-6H3,(H2,38,44)(H,40,47)(H,41,46)(H,39,42,43)/t17-,18+,24-;17-,18-,24-/m00/s1. The average molecular weight is 1430 g/mol. The van der Waals surface area contributed by atoms with Crippen molar-refractivity contribution < 1.29 is 73.9 Å². The Morgan fingerprint density at radius 3 is 1.26 bits per heavy atom. The van der Waals surface area contributed by atoms with E-state index in [4.69, 9.17) is 39.9 Å². The number of carbonyl (C=O) groups is 4. The minimum Gasteiger partial charge on any atom is -0.444 e. The van der Waals surface area contributed by atoms with E-state index in [1.165, 1.54) is 48.3 Å². The zero-order valence-corrected chi connectivity index (χ0v) is 57.7. The third-order valence-corrected chi connectivity index (χ3v) is 15.8. The summed E-state index contributed by atoms with van der Waals surface area (Å²) >= 11 is 0. The van der Waals surface area contributed by atoms with Gasteiger partial charge in [-0.15, -0.1) is 0 Å². The molecule has 544 valence electrons. The fourth-order valence-electron chi connectivity index (χ4n) is 11.2. The number of nitrogens with one attached hydrogen (secondary N) is 6. The van der Waals surface area contributed by atoms with E-state index in [9.17, 15) is 55.1 Å². The van der Waals surface area contributed by atoms with E-state index in [2.05, 4.69) is 61.1 Å². The molecule has 102 heavy (non-hydrogen) atoms. The summed E-state index contributed by atoms with van der Waals surface area (Å²) in [6.45, 7) is 17.8. The van der Waals surface area contributed by atoms with Crippen LogP contribution in [0.1, 0.15) is 106 Å². The Bertz CT molecular complexity index is 4280. The van der Waals surface area contributed by atoms with Gasteiger partial charge in [-0.2, -0.15) is 36.3 Å². The van der Waals surface area contributed by atoms with Gasteiger partial charge in [-0.25, -0.2) is 29.5 Å². The second-order valence-electron chi connectivity index (χ2n) is 26.4. The van der Waals surface area contributed by atoms with Gasteiger partial charge in [-0.1, -0.05) is 24.3 Å². The van der Waals surface area contributed by atoms with Crippen LogP contribution in [0.15, 0.2) is 94.5 Å². The van der Waals surface area contributed by atoms with Gasteiger partial charge < -0.3 is 71.1 Å². The zero-order chi connectivity index (χ0) is 74.5. The zero-order valence-electron chi connectivity index (χ0n) is 57.7. The topological polar surface area (TPSA) is 373 Å². The van der Waals surface area contributed by atoms with Crippen molar-refractivity contribution in [3.05, 3.63) is 117 Å². The number of benzene rings is 4. The molecule has 34 heteroatoms. The maximum atomic E-state index is 14.0. The van der Waals surface area contributed by atoms with E-state index >= 15 is 0 Å². The van der Waals surface area contributed by atoms with Crippen LogP contribution in [0.4, 0.5) is 70.8 Å². The predicted octanol–water partition coefficient (Wildman–Crippen LogP) is 11.9. The van der Waals surface area contributed by atoms with Crippen LogP contribution in [0.25, 0.3) is 44.6 Å². The summed E-state index contributed by atoms with van der Waals surface area (Å²) in [5, 5.41) is 11.4. The molecule has 10 N–H and O–H groups in total. The Labute approximate surface area is 580 Å². The van der Waals surface area contributed by atoms with Gasteiger partial charge in [-0.05, 0) is 143 Å². The lowest BCUT2D eigenvalue weighted by Gasteiger charge is -2.31. The summed E-state index contributed by atoms with van der Waals surface area (Å²) in [5.74, 6) is -1.68. The number of hydrogen-bond donors (Lipinski definition) is 8. The number of nitrogens with two attached hydrogens (primary N) is 2. The molecule has 8 aromatic rings. The average Bonchev–Trinajstić information content (AvgIpc) is 0.935. The molecule has 10 rings (SSSR count). The molecule has 4 aromatic carbocycles. The van der Waals surface area contributed by atoms with Gasteiger partial charge in [-0.3, -0.25) is 29.0 Å². The molecular weight excluding hydrogens is 1350 g/mol. The number of likely N-dealkylation sites (tertiary alicyclic amines) is 2. The number of hydrogen-bond acceptors (Lipinski definition) is 22. The number of aromatic amines is 2. The quantitative estimate of drug-likeness (QED) is 0.0370. The molecule has 0 spiro atoms. The lowest BCUT2D eigenvalue weighted by atomic mass is 10.0. The van der Waals surface area contributed by atoms with Crippen molar-refractivity contribution in [3.8, 4) is 45.8 Å². The number of alkyl halides is 6. The van der Waals surface area contributed by atoms with Crippen LogP contribution in [-0.2, 0) is 40.9 Å². The number of carbonyl (C=O) groups excluding carboxylic acids is 4. The molecule has 4 aromatic heterocycles. The molecular formula is C68H78F6N16O12. The van der Waals surface area contributed by atoms with Crippen molar-refractivity contribution in [2.45, 2.75) is 155 Å². The summed E-state index contributed by atoms with van der Waals surface area (Å²) in [5.41, 5.74) is 7.72. The number of nitrogen functional groups attached to an aromatic ring is 2. The fraction of sp³-hybridized carbons (Fsp3) is 0.412. The fourth-order valence-corrected chi connectivity index (χ4v) is 11.2. The summed E-state index contributed by atoms with van der Waals surface area (Å²) in [7, 11) is 3.03. The van der Waals surface area contributed by atoms with Gasteiger partial charge in [0.15, 0.2) is 23.1 Å². The lowest BCUT2D eigenvalue weighted by molar-refractivity contribution is -0.138. The Balaban J connectivity index is 0.000000237. The molecule has 0 aliphatic carbocycles. The molecule has 6 heterocycles. The van der Waals surface area contributed by atoms with Gasteiger partial charge in [0.25, 0.3) is 11.1 Å². The number of aromatic nitrogens is 8. The second-order valence-corrected chi connectivity index (χ2v) is 26.4. The number of halogens is 6. The Morgan fingerprint density at radius 1 is 0.549 bits per heavy atom. The number of fused-ring (bicyclic) bond motifs is 2. The van der Waals surface area contributed by atoms with Crippen LogP contribution in [0.3, 0.4) is 0 Å². The molecule has 2 saturated heterocycles. The van der Waals surface area contributed by atoms with E-state index in [1.807, 2.05) is 0 Å². The molecule has 0 saturated carbocycles.